The highest BCUT2D eigenvalue weighted by atomic mass is 32.2. The quantitative estimate of drug-likeness (QED) is 0.641. The maximum atomic E-state index is 12.6. The third-order valence-corrected chi connectivity index (χ3v) is 7.60. The monoisotopic (exact) mass is 388 g/mol. The molecule has 1 saturated carbocycles. The zero-order valence-electron chi connectivity index (χ0n) is 15.6. The van der Waals surface area contributed by atoms with E-state index < -0.39 is 15.8 Å². The van der Waals surface area contributed by atoms with Gasteiger partial charge in [0.15, 0.2) is 9.84 Å². The number of sulfone groups is 1. The van der Waals surface area contributed by atoms with E-state index in [1.165, 1.54) is 0 Å². The summed E-state index contributed by atoms with van der Waals surface area (Å²) in [4.78, 5) is 11.4. The predicted molar refractivity (Wildman–Crippen MR) is 108 cm³/mol. The van der Waals surface area contributed by atoms with Gasteiger partial charge in [-0.15, -0.1) is 0 Å². The van der Waals surface area contributed by atoms with E-state index in [0.717, 1.165) is 55.7 Å². The van der Waals surface area contributed by atoms with E-state index >= 15 is 0 Å². The molecular formula is C22H28O4S. The normalized spacial score (nSPS) is 20.6. The van der Waals surface area contributed by atoms with Crippen molar-refractivity contribution in [1.82, 2.24) is 0 Å². The van der Waals surface area contributed by atoms with Gasteiger partial charge in [0.2, 0.25) is 0 Å². The lowest BCUT2D eigenvalue weighted by molar-refractivity contribution is -0.143. The van der Waals surface area contributed by atoms with Gasteiger partial charge in [-0.2, -0.15) is 0 Å². The second-order valence-electron chi connectivity index (χ2n) is 7.73. The highest BCUT2D eigenvalue weighted by Crippen LogP contribution is 2.32. The fourth-order valence-electron chi connectivity index (χ4n) is 4.08. The molecule has 4 nitrogen and oxygen atoms in total. The van der Waals surface area contributed by atoms with Crippen molar-refractivity contribution in [3.05, 3.63) is 42.5 Å². The van der Waals surface area contributed by atoms with E-state index in [9.17, 15) is 13.2 Å². The first-order chi connectivity index (χ1) is 13.0. The van der Waals surface area contributed by atoms with Crippen LogP contribution in [0.2, 0.25) is 0 Å². The Bertz CT molecular complexity index is 880. The molecule has 0 heterocycles. The van der Waals surface area contributed by atoms with Crippen LogP contribution in [0.25, 0.3) is 10.8 Å². The Morgan fingerprint density at radius 1 is 0.926 bits per heavy atom. The van der Waals surface area contributed by atoms with E-state index in [4.69, 9.17) is 5.11 Å². The smallest absolute Gasteiger partial charge is 0.306 e. The molecule has 27 heavy (non-hydrogen) atoms. The summed E-state index contributed by atoms with van der Waals surface area (Å²) in [5.74, 6) is -0.0183. The molecule has 0 radical (unpaired) electrons. The minimum Gasteiger partial charge on any atom is -0.481 e. The zero-order chi connectivity index (χ0) is 19.3. The van der Waals surface area contributed by atoms with Gasteiger partial charge in [0.05, 0.1) is 16.6 Å². The van der Waals surface area contributed by atoms with Gasteiger partial charge < -0.3 is 5.11 Å². The molecule has 0 saturated heterocycles. The first kappa shape index (κ1) is 19.9. The molecule has 2 aromatic carbocycles. The maximum absolute atomic E-state index is 12.6. The summed E-state index contributed by atoms with van der Waals surface area (Å²) in [5, 5.41) is 11.0. The Kier molecular flexibility index (Phi) is 6.53. The summed E-state index contributed by atoms with van der Waals surface area (Å²) < 4.78 is 25.2. The molecule has 1 aliphatic rings. The van der Waals surface area contributed by atoms with E-state index in [2.05, 4.69) is 0 Å². The van der Waals surface area contributed by atoms with Crippen molar-refractivity contribution < 1.29 is 18.3 Å². The zero-order valence-corrected chi connectivity index (χ0v) is 16.5. The molecule has 1 fully saturated rings. The van der Waals surface area contributed by atoms with E-state index in [1.54, 1.807) is 12.1 Å². The number of carboxylic acids is 1. The van der Waals surface area contributed by atoms with Gasteiger partial charge in [-0.25, -0.2) is 8.42 Å². The number of carboxylic acid groups (broad SMARTS) is 1. The second-order valence-corrected chi connectivity index (χ2v) is 9.84. The van der Waals surface area contributed by atoms with Crippen LogP contribution in [0.1, 0.15) is 51.4 Å². The van der Waals surface area contributed by atoms with Crippen LogP contribution in [0.15, 0.2) is 47.4 Å². The van der Waals surface area contributed by atoms with Crippen LogP contribution in [0.5, 0.6) is 0 Å². The van der Waals surface area contributed by atoms with E-state index in [1.807, 2.05) is 30.3 Å². The van der Waals surface area contributed by atoms with Crippen LogP contribution in [0.3, 0.4) is 0 Å². The molecule has 1 N–H and O–H groups in total. The number of benzene rings is 2. The Labute approximate surface area is 161 Å². The van der Waals surface area contributed by atoms with Crippen molar-refractivity contribution in [2.45, 2.75) is 56.3 Å². The molecule has 1 aliphatic carbocycles. The minimum atomic E-state index is -3.24. The van der Waals surface area contributed by atoms with Crippen LogP contribution in [0.4, 0.5) is 0 Å². The van der Waals surface area contributed by atoms with Gasteiger partial charge in [-0.1, -0.05) is 49.6 Å². The van der Waals surface area contributed by atoms with Gasteiger partial charge in [0.25, 0.3) is 0 Å². The lowest BCUT2D eigenvalue weighted by Crippen LogP contribution is -2.21. The van der Waals surface area contributed by atoms with E-state index in [0.29, 0.717) is 17.2 Å². The summed E-state index contributed by atoms with van der Waals surface area (Å²) in [6, 6.07) is 13.1. The van der Waals surface area contributed by atoms with Crippen molar-refractivity contribution in [3.8, 4) is 0 Å². The van der Waals surface area contributed by atoms with Crippen molar-refractivity contribution in [1.29, 1.82) is 0 Å². The van der Waals surface area contributed by atoms with Crippen molar-refractivity contribution in [3.63, 3.8) is 0 Å². The molecule has 2 aromatic rings. The molecule has 3 rings (SSSR count). The fourth-order valence-corrected chi connectivity index (χ4v) is 5.48. The highest BCUT2D eigenvalue weighted by Gasteiger charge is 2.25. The van der Waals surface area contributed by atoms with Crippen LogP contribution in [0, 0.1) is 11.8 Å². The highest BCUT2D eigenvalue weighted by molar-refractivity contribution is 7.91. The molecule has 0 unspecified atom stereocenters. The number of rotatable bonds is 8. The third-order valence-electron chi connectivity index (χ3n) is 5.80. The minimum absolute atomic E-state index is 0.159. The first-order valence-electron chi connectivity index (χ1n) is 9.90. The fraction of sp³-hybridized carbons (Fsp3) is 0.500. The molecule has 0 aromatic heterocycles. The Morgan fingerprint density at radius 2 is 1.63 bits per heavy atom. The van der Waals surface area contributed by atoms with Crippen LogP contribution in [-0.2, 0) is 14.6 Å². The Hall–Kier alpha value is -1.88. The topological polar surface area (TPSA) is 71.4 Å². The average Bonchev–Trinajstić information content (AvgIpc) is 2.67. The largest absolute Gasteiger partial charge is 0.481 e. The number of hydrogen-bond acceptors (Lipinski definition) is 3. The van der Waals surface area contributed by atoms with Gasteiger partial charge in [0, 0.05) is 0 Å². The van der Waals surface area contributed by atoms with Crippen LogP contribution in [-0.4, -0.2) is 25.2 Å². The standard InChI is InChI=1S/C22H28O4S/c23-22(24)19-11-9-17(10-12-19)6-2-1-5-15-27(25,26)21-14-13-18-7-3-4-8-20(18)16-21/h3-4,7-8,13-14,16-17,19H,1-2,5-6,9-12,15H2,(H,23,24). The first-order valence-corrected chi connectivity index (χ1v) is 11.6. The lowest BCUT2D eigenvalue weighted by atomic mass is 9.80. The SMILES string of the molecule is O=C(O)C1CCC(CCCCCS(=O)(=O)c2ccc3ccccc3c2)CC1. The van der Waals surface area contributed by atoms with Crippen LogP contribution < -0.4 is 0 Å². The van der Waals surface area contributed by atoms with Crippen LogP contribution >= 0.6 is 0 Å². The summed E-state index contributed by atoms with van der Waals surface area (Å²) in [6.45, 7) is 0. The summed E-state index contributed by atoms with van der Waals surface area (Å²) in [6.07, 6.45) is 7.26. The van der Waals surface area contributed by atoms with Crippen molar-refractivity contribution >= 4 is 26.6 Å². The number of carbonyl (C=O) groups is 1. The number of aliphatic carboxylic acids is 1. The second kappa shape index (κ2) is 8.87. The maximum Gasteiger partial charge on any atom is 0.306 e. The molecule has 0 aliphatic heterocycles. The van der Waals surface area contributed by atoms with Gasteiger partial charge in [-0.05, 0) is 60.9 Å². The molecule has 0 amide bonds. The third kappa shape index (κ3) is 5.32. The summed E-state index contributed by atoms with van der Waals surface area (Å²) >= 11 is 0. The average molecular weight is 389 g/mol. The van der Waals surface area contributed by atoms with Crippen molar-refractivity contribution in [2.75, 3.05) is 5.75 Å². The van der Waals surface area contributed by atoms with Crippen molar-refractivity contribution in [2.24, 2.45) is 11.8 Å². The Morgan fingerprint density at radius 3 is 2.33 bits per heavy atom. The summed E-state index contributed by atoms with van der Waals surface area (Å²) in [5.41, 5.74) is 0. The Balaban J connectivity index is 1.42. The molecule has 146 valence electrons. The molecular weight excluding hydrogens is 360 g/mol. The molecule has 0 bridgehead atoms. The van der Waals surface area contributed by atoms with Gasteiger partial charge >= 0.3 is 5.97 Å². The van der Waals surface area contributed by atoms with Gasteiger partial charge in [0.1, 0.15) is 0 Å². The predicted octanol–water partition coefficient (Wildman–Crippen LogP) is 5.06. The number of fused-ring (bicyclic) bond motifs is 1. The molecule has 0 spiro atoms. The summed E-state index contributed by atoms with van der Waals surface area (Å²) in [7, 11) is -3.24. The lowest BCUT2D eigenvalue weighted by Gasteiger charge is -2.25. The molecule has 0 atom stereocenters. The van der Waals surface area contributed by atoms with E-state index in [-0.39, 0.29) is 11.7 Å². The van der Waals surface area contributed by atoms with Gasteiger partial charge in [-0.3, -0.25) is 4.79 Å². The molecule has 5 heteroatoms. The number of unbranched alkanes of at least 4 members (excludes halogenated alkanes) is 2. The number of hydrogen-bond donors (Lipinski definition) is 1.